The second-order valence-electron chi connectivity index (χ2n) is 8.37. The van der Waals surface area contributed by atoms with Crippen LogP contribution in [0.3, 0.4) is 0 Å². The number of likely N-dealkylation sites (tertiary alicyclic amines) is 1. The van der Waals surface area contributed by atoms with Crippen LogP contribution in [0.5, 0.6) is 0 Å². The van der Waals surface area contributed by atoms with Gasteiger partial charge in [0.25, 0.3) is 0 Å². The second kappa shape index (κ2) is 13.6. The summed E-state index contributed by atoms with van der Waals surface area (Å²) in [5, 5.41) is 6.74. The maximum Gasteiger partial charge on any atom is 0.223 e. The van der Waals surface area contributed by atoms with Gasteiger partial charge >= 0.3 is 0 Å². The zero-order valence-corrected chi connectivity index (χ0v) is 21.6. The molecule has 0 spiro atoms. The number of carbonyl (C=O) groups excluding carboxylic acids is 2. The molecule has 2 fully saturated rings. The molecule has 9 heteroatoms. The van der Waals surface area contributed by atoms with E-state index in [1.54, 1.807) is 14.0 Å². The molecule has 0 bridgehead atoms. The average molecular weight is 556 g/mol. The highest BCUT2D eigenvalue weighted by Crippen LogP contribution is 2.17. The zero-order valence-electron chi connectivity index (χ0n) is 19.3. The molecule has 2 N–H and O–H groups in total. The maximum absolute atomic E-state index is 12.4. The molecule has 0 aromatic heterocycles. The number of nitrogens with one attached hydrogen (secondary N) is 2. The van der Waals surface area contributed by atoms with Crippen LogP contribution >= 0.6 is 24.0 Å². The van der Waals surface area contributed by atoms with Crippen molar-refractivity contribution in [1.29, 1.82) is 0 Å². The summed E-state index contributed by atoms with van der Waals surface area (Å²) in [6.45, 7) is 9.11. The van der Waals surface area contributed by atoms with Crippen molar-refractivity contribution in [2.24, 2.45) is 10.9 Å². The maximum atomic E-state index is 12.4. The molecule has 178 valence electrons. The van der Waals surface area contributed by atoms with Crippen LogP contribution in [0.1, 0.15) is 18.9 Å². The van der Waals surface area contributed by atoms with E-state index in [4.69, 9.17) is 0 Å². The number of hydrogen-bond acceptors (Lipinski definition) is 4. The minimum Gasteiger partial charge on any atom is -0.356 e. The number of piperazine rings is 1. The lowest BCUT2D eigenvalue weighted by Crippen LogP contribution is -2.50. The van der Waals surface area contributed by atoms with Gasteiger partial charge in [-0.2, -0.15) is 0 Å². The Morgan fingerprint density at radius 1 is 1.09 bits per heavy atom. The van der Waals surface area contributed by atoms with Crippen molar-refractivity contribution in [2.45, 2.75) is 19.8 Å². The van der Waals surface area contributed by atoms with Gasteiger partial charge in [0.05, 0.1) is 0 Å². The largest absolute Gasteiger partial charge is 0.356 e. The van der Waals surface area contributed by atoms with E-state index < -0.39 is 0 Å². The third-order valence-corrected chi connectivity index (χ3v) is 6.13. The molecule has 32 heavy (non-hydrogen) atoms. The van der Waals surface area contributed by atoms with Crippen LogP contribution in [-0.4, -0.2) is 98.4 Å². The van der Waals surface area contributed by atoms with Gasteiger partial charge in [-0.1, -0.05) is 30.3 Å². The van der Waals surface area contributed by atoms with Crippen LogP contribution in [-0.2, 0) is 16.0 Å². The highest BCUT2D eigenvalue weighted by atomic mass is 127. The molecule has 2 saturated heterocycles. The van der Waals surface area contributed by atoms with E-state index >= 15 is 0 Å². The molecule has 1 unspecified atom stereocenters. The first kappa shape index (κ1) is 26.4. The molecule has 0 saturated carbocycles. The van der Waals surface area contributed by atoms with Gasteiger partial charge < -0.3 is 20.4 Å². The van der Waals surface area contributed by atoms with Crippen LogP contribution in [0.25, 0.3) is 0 Å². The van der Waals surface area contributed by atoms with E-state index in [1.165, 1.54) is 5.56 Å². The Kier molecular flexibility index (Phi) is 11.2. The molecular formula is C23H37IN6O2. The van der Waals surface area contributed by atoms with Crippen molar-refractivity contribution in [3.8, 4) is 0 Å². The van der Waals surface area contributed by atoms with E-state index in [-0.39, 0.29) is 35.8 Å². The van der Waals surface area contributed by atoms with Crippen molar-refractivity contribution in [1.82, 2.24) is 25.3 Å². The zero-order chi connectivity index (χ0) is 22.1. The quantitative estimate of drug-likeness (QED) is 0.284. The number of guanidine groups is 1. The molecule has 1 atom stereocenters. The number of hydrogen-bond donors (Lipinski definition) is 2. The number of benzene rings is 1. The summed E-state index contributed by atoms with van der Waals surface area (Å²) in [6.07, 6.45) is 1.50. The summed E-state index contributed by atoms with van der Waals surface area (Å²) < 4.78 is 0. The first-order valence-electron chi connectivity index (χ1n) is 11.3. The van der Waals surface area contributed by atoms with E-state index in [2.05, 4.69) is 32.7 Å². The average Bonchev–Trinajstić information content (AvgIpc) is 3.15. The van der Waals surface area contributed by atoms with E-state index in [9.17, 15) is 9.59 Å². The van der Waals surface area contributed by atoms with Crippen molar-refractivity contribution in [2.75, 3.05) is 66.0 Å². The summed E-state index contributed by atoms with van der Waals surface area (Å²) in [6, 6.07) is 10.3. The summed E-state index contributed by atoms with van der Waals surface area (Å²) >= 11 is 0. The number of nitrogens with zero attached hydrogens (tertiary/aromatic N) is 4. The Labute approximate surface area is 208 Å². The third kappa shape index (κ3) is 8.23. The SMILES string of the molecule is CN=C(NCCN1CCN(C(C)=O)CC1)NCC1CC(=O)N(CCc2ccccc2)C1.I. The summed E-state index contributed by atoms with van der Waals surface area (Å²) in [5.41, 5.74) is 1.27. The molecule has 3 rings (SSSR count). The first-order valence-corrected chi connectivity index (χ1v) is 11.3. The van der Waals surface area contributed by atoms with Gasteiger partial charge in [-0.05, 0) is 12.0 Å². The fourth-order valence-electron chi connectivity index (χ4n) is 4.20. The Morgan fingerprint density at radius 3 is 2.47 bits per heavy atom. The van der Waals surface area contributed by atoms with Crippen LogP contribution in [0.2, 0.25) is 0 Å². The molecule has 2 heterocycles. The van der Waals surface area contributed by atoms with E-state index in [0.29, 0.717) is 12.3 Å². The molecule has 2 aliphatic rings. The van der Waals surface area contributed by atoms with Gasteiger partial charge in [0.1, 0.15) is 0 Å². The van der Waals surface area contributed by atoms with Crippen LogP contribution < -0.4 is 10.6 Å². The molecule has 0 aliphatic carbocycles. The Hall–Kier alpha value is -1.88. The number of aliphatic imine (C=N–C) groups is 1. The summed E-state index contributed by atoms with van der Waals surface area (Å²) in [7, 11) is 1.77. The van der Waals surface area contributed by atoms with Gasteiger partial charge in [-0.25, -0.2) is 0 Å². The molecule has 1 aromatic carbocycles. The van der Waals surface area contributed by atoms with Gasteiger partial charge in [-0.3, -0.25) is 19.5 Å². The van der Waals surface area contributed by atoms with Gasteiger partial charge in [-0.15, -0.1) is 24.0 Å². The molecule has 1 aromatic rings. The second-order valence-corrected chi connectivity index (χ2v) is 8.37. The molecule has 2 aliphatic heterocycles. The monoisotopic (exact) mass is 556 g/mol. The number of halogens is 1. The van der Waals surface area contributed by atoms with Crippen molar-refractivity contribution >= 4 is 41.8 Å². The van der Waals surface area contributed by atoms with Crippen molar-refractivity contribution < 1.29 is 9.59 Å². The number of amides is 2. The van der Waals surface area contributed by atoms with Crippen LogP contribution in [0.4, 0.5) is 0 Å². The molecule has 2 amide bonds. The van der Waals surface area contributed by atoms with Crippen LogP contribution in [0, 0.1) is 5.92 Å². The van der Waals surface area contributed by atoms with E-state index in [0.717, 1.165) is 71.3 Å². The van der Waals surface area contributed by atoms with Crippen molar-refractivity contribution in [3.63, 3.8) is 0 Å². The lowest BCUT2D eigenvalue weighted by atomic mass is 10.1. The smallest absolute Gasteiger partial charge is 0.223 e. The Morgan fingerprint density at radius 2 is 1.81 bits per heavy atom. The van der Waals surface area contributed by atoms with E-state index in [1.807, 2.05) is 28.0 Å². The number of rotatable bonds is 8. The van der Waals surface area contributed by atoms with Gasteiger partial charge in [0.15, 0.2) is 5.96 Å². The van der Waals surface area contributed by atoms with Crippen molar-refractivity contribution in [3.05, 3.63) is 35.9 Å². The van der Waals surface area contributed by atoms with Gasteiger partial charge in [0, 0.05) is 85.2 Å². The molecular weight excluding hydrogens is 519 g/mol. The minimum atomic E-state index is 0. The Balaban J connectivity index is 0.00000363. The third-order valence-electron chi connectivity index (χ3n) is 6.13. The standard InChI is InChI=1S/C23H36N6O2.HI/c1-19(30)28-14-12-27(13-15-28)11-9-25-23(24-2)26-17-21-16-22(31)29(18-21)10-8-20-6-4-3-5-7-20;/h3-7,21H,8-18H2,1-2H3,(H2,24,25,26);1H. The predicted molar refractivity (Wildman–Crippen MR) is 138 cm³/mol. The lowest BCUT2D eigenvalue weighted by Gasteiger charge is -2.34. The van der Waals surface area contributed by atoms with Gasteiger partial charge in [0.2, 0.25) is 11.8 Å². The highest BCUT2D eigenvalue weighted by molar-refractivity contribution is 14.0. The minimum absolute atomic E-state index is 0. The summed E-state index contributed by atoms with van der Waals surface area (Å²) in [5.74, 6) is 1.49. The fourth-order valence-corrected chi connectivity index (χ4v) is 4.20. The highest BCUT2D eigenvalue weighted by Gasteiger charge is 2.29. The molecule has 8 nitrogen and oxygen atoms in total. The normalized spacial score (nSPS) is 19.6. The Bertz CT molecular complexity index is 752. The summed E-state index contributed by atoms with van der Waals surface area (Å²) in [4.78, 5) is 34.3. The first-order chi connectivity index (χ1) is 15.0. The lowest BCUT2D eigenvalue weighted by molar-refractivity contribution is -0.130. The fraction of sp³-hybridized carbons (Fsp3) is 0.609. The molecule has 0 radical (unpaired) electrons. The topological polar surface area (TPSA) is 80.3 Å². The van der Waals surface area contributed by atoms with Crippen LogP contribution in [0.15, 0.2) is 35.3 Å². The predicted octanol–water partition coefficient (Wildman–Crippen LogP) is 1.02. The number of carbonyl (C=O) groups is 2.